The number of rotatable bonds is 8. The molecule has 0 aliphatic heterocycles. The van der Waals surface area contributed by atoms with Gasteiger partial charge in [-0.3, -0.25) is 14.6 Å². The van der Waals surface area contributed by atoms with Crippen molar-refractivity contribution in [1.29, 1.82) is 0 Å². The number of carbonyl (C=O) groups is 1. The summed E-state index contributed by atoms with van der Waals surface area (Å²) in [5, 5.41) is 11.7. The van der Waals surface area contributed by atoms with Gasteiger partial charge in [-0.25, -0.2) is 4.68 Å². The second-order valence-electron chi connectivity index (χ2n) is 7.01. The van der Waals surface area contributed by atoms with Crippen LogP contribution in [0.1, 0.15) is 29.3 Å². The Morgan fingerprint density at radius 2 is 1.97 bits per heavy atom. The highest BCUT2D eigenvalue weighted by atomic mass is 32.1. The number of benzene rings is 1. The monoisotopic (exact) mass is 430 g/mol. The summed E-state index contributed by atoms with van der Waals surface area (Å²) in [4.78, 5) is 30.8. The Kier molecular flexibility index (Phi) is 6.33. The van der Waals surface area contributed by atoms with E-state index in [1.807, 2.05) is 60.1 Å². The van der Waals surface area contributed by atoms with Crippen molar-refractivity contribution in [3.63, 3.8) is 0 Å². The molecule has 1 aromatic carbocycles. The molecule has 0 aliphatic carbocycles. The van der Waals surface area contributed by atoms with Crippen LogP contribution in [0.15, 0.2) is 76.5 Å². The van der Waals surface area contributed by atoms with E-state index in [1.165, 1.54) is 4.68 Å². The smallest absolute Gasteiger partial charge is 0.291 e. The fraction of sp³-hybridized carbons (Fsp3) is 0.167. The van der Waals surface area contributed by atoms with Gasteiger partial charge in [0.05, 0.1) is 17.4 Å². The van der Waals surface area contributed by atoms with Crippen LogP contribution < -0.4 is 10.9 Å². The number of anilines is 2. The van der Waals surface area contributed by atoms with Crippen LogP contribution in [0.2, 0.25) is 0 Å². The van der Waals surface area contributed by atoms with Gasteiger partial charge in [-0.15, -0.1) is 0 Å². The summed E-state index contributed by atoms with van der Waals surface area (Å²) in [5.41, 5.74) is 3.26. The molecule has 3 aromatic heterocycles. The predicted octanol–water partition coefficient (Wildman–Crippen LogP) is 4.95. The quantitative estimate of drug-likeness (QED) is 0.401. The summed E-state index contributed by atoms with van der Waals surface area (Å²) < 4.78 is 1.39. The molecule has 0 radical (unpaired) electrons. The maximum atomic E-state index is 13.5. The van der Waals surface area contributed by atoms with Crippen molar-refractivity contribution in [2.24, 2.45) is 0 Å². The van der Waals surface area contributed by atoms with E-state index in [9.17, 15) is 9.59 Å². The van der Waals surface area contributed by atoms with Crippen molar-refractivity contribution in [2.45, 2.75) is 26.3 Å². The van der Waals surface area contributed by atoms with Crippen LogP contribution in [0.3, 0.4) is 0 Å². The zero-order chi connectivity index (χ0) is 21.6. The third-order valence-corrected chi connectivity index (χ3v) is 5.67. The number of hydrogen-bond acceptors (Lipinski definition) is 6. The third kappa shape index (κ3) is 4.62. The molecular formula is C24H22N4O2S. The van der Waals surface area contributed by atoms with Crippen molar-refractivity contribution < 1.29 is 4.79 Å². The van der Waals surface area contributed by atoms with E-state index in [4.69, 9.17) is 0 Å². The van der Waals surface area contributed by atoms with E-state index in [-0.39, 0.29) is 23.5 Å². The first-order valence-electron chi connectivity index (χ1n) is 10.1. The normalized spacial score (nSPS) is 10.7. The predicted molar refractivity (Wildman–Crippen MR) is 124 cm³/mol. The van der Waals surface area contributed by atoms with Gasteiger partial charge < -0.3 is 5.32 Å². The Bertz CT molecular complexity index is 1220. The van der Waals surface area contributed by atoms with Crippen LogP contribution in [-0.2, 0) is 13.0 Å². The maximum Gasteiger partial charge on any atom is 0.291 e. The standard InChI is InChI=1S/C24H22N4O2S/c1-2-28-24(30)23(26-19-9-6-13-25-15-19)21(20(29)11-10-17-12-14-31-16-17)22(27-28)18-7-4-3-5-8-18/h3-9,12-16,26H,2,10-11H2,1H3. The van der Waals surface area contributed by atoms with Crippen molar-refractivity contribution in [2.75, 3.05) is 5.32 Å². The molecular weight excluding hydrogens is 408 g/mol. The van der Waals surface area contributed by atoms with Gasteiger partial charge in [0.25, 0.3) is 5.56 Å². The average molecular weight is 431 g/mol. The van der Waals surface area contributed by atoms with E-state index >= 15 is 0 Å². The molecule has 0 saturated carbocycles. The SMILES string of the molecule is CCn1nc(-c2ccccc2)c(C(=O)CCc2ccsc2)c(Nc2cccnc2)c1=O. The first-order valence-corrected chi connectivity index (χ1v) is 11.0. The zero-order valence-corrected chi connectivity index (χ0v) is 17.9. The van der Waals surface area contributed by atoms with Crippen molar-refractivity contribution in [3.8, 4) is 11.3 Å². The molecule has 0 fully saturated rings. The highest BCUT2D eigenvalue weighted by molar-refractivity contribution is 7.07. The minimum atomic E-state index is -0.329. The second-order valence-corrected chi connectivity index (χ2v) is 7.79. The Hall–Kier alpha value is -3.58. The van der Waals surface area contributed by atoms with Gasteiger partial charge in [-0.1, -0.05) is 30.3 Å². The topological polar surface area (TPSA) is 76.9 Å². The minimum absolute atomic E-state index is 0.121. The molecule has 7 heteroatoms. The van der Waals surface area contributed by atoms with Crippen LogP contribution in [-0.4, -0.2) is 20.5 Å². The van der Waals surface area contributed by atoms with E-state index in [0.717, 1.165) is 11.1 Å². The summed E-state index contributed by atoms with van der Waals surface area (Å²) in [6.07, 6.45) is 4.18. The number of aromatic nitrogens is 3. The van der Waals surface area contributed by atoms with Gasteiger partial charge in [0.2, 0.25) is 0 Å². The van der Waals surface area contributed by atoms with Crippen LogP contribution in [0.25, 0.3) is 11.3 Å². The van der Waals surface area contributed by atoms with Gasteiger partial charge in [-0.2, -0.15) is 16.4 Å². The number of carbonyl (C=O) groups excluding carboxylic acids is 1. The third-order valence-electron chi connectivity index (χ3n) is 4.93. The lowest BCUT2D eigenvalue weighted by molar-refractivity contribution is 0.0983. The number of nitrogens with one attached hydrogen (secondary N) is 1. The Morgan fingerprint density at radius 3 is 2.65 bits per heavy atom. The van der Waals surface area contributed by atoms with Gasteiger partial charge >= 0.3 is 0 Å². The molecule has 0 bridgehead atoms. The number of hydrogen-bond donors (Lipinski definition) is 1. The fourth-order valence-corrected chi connectivity index (χ4v) is 4.07. The fourth-order valence-electron chi connectivity index (χ4n) is 3.37. The van der Waals surface area contributed by atoms with Crippen molar-refractivity contribution >= 4 is 28.5 Å². The summed E-state index contributed by atoms with van der Waals surface area (Å²) in [6, 6.07) is 15.1. The lowest BCUT2D eigenvalue weighted by Crippen LogP contribution is -2.28. The van der Waals surface area contributed by atoms with Gasteiger partial charge in [-0.05, 0) is 47.9 Å². The molecule has 1 N–H and O–H groups in total. The Labute approximate surface area is 184 Å². The van der Waals surface area contributed by atoms with Crippen LogP contribution >= 0.6 is 11.3 Å². The van der Waals surface area contributed by atoms with Crippen LogP contribution in [0, 0.1) is 0 Å². The second kappa shape index (κ2) is 9.49. The molecule has 3 heterocycles. The molecule has 156 valence electrons. The molecule has 0 aliphatic rings. The van der Waals surface area contributed by atoms with Gasteiger partial charge in [0, 0.05) is 24.7 Å². The summed E-state index contributed by atoms with van der Waals surface area (Å²) >= 11 is 1.60. The highest BCUT2D eigenvalue weighted by Crippen LogP contribution is 2.28. The van der Waals surface area contributed by atoms with Crippen molar-refractivity contribution in [3.05, 3.63) is 93.2 Å². The lowest BCUT2D eigenvalue weighted by Gasteiger charge is -2.17. The van der Waals surface area contributed by atoms with E-state index < -0.39 is 0 Å². The molecule has 0 amide bonds. The molecule has 6 nitrogen and oxygen atoms in total. The maximum absolute atomic E-state index is 13.5. The molecule has 0 atom stereocenters. The molecule has 31 heavy (non-hydrogen) atoms. The van der Waals surface area contributed by atoms with Crippen molar-refractivity contribution in [1.82, 2.24) is 14.8 Å². The largest absolute Gasteiger partial charge is 0.349 e. The van der Waals surface area contributed by atoms with Gasteiger partial charge in [0.15, 0.2) is 5.78 Å². The highest BCUT2D eigenvalue weighted by Gasteiger charge is 2.24. The van der Waals surface area contributed by atoms with E-state index in [2.05, 4.69) is 15.4 Å². The van der Waals surface area contributed by atoms with Gasteiger partial charge in [0.1, 0.15) is 11.4 Å². The first kappa shape index (κ1) is 20.7. The van der Waals surface area contributed by atoms with E-state index in [1.54, 1.807) is 29.8 Å². The van der Waals surface area contributed by atoms with Crippen LogP contribution in [0.4, 0.5) is 11.4 Å². The molecule has 4 rings (SSSR count). The summed E-state index contributed by atoms with van der Waals surface area (Å²) in [7, 11) is 0. The van der Waals surface area contributed by atoms with Crippen LogP contribution in [0.5, 0.6) is 0 Å². The Morgan fingerprint density at radius 1 is 1.13 bits per heavy atom. The molecule has 0 unspecified atom stereocenters. The number of thiophene rings is 1. The number of pyridine rings is 1. The average Bonchev–Trinajstić information content (AvgIpc) is 3.33. The minimum Gasteiger partial charge on any atom is -0.349 e. The number of aryl methyl sites for hydroxylation is 2. The number of nitrogens with zero attached hydrogens (tertiary/aromatic N) is 3. The lowest BCUT2D eigenvalue weighted by atomic mass is 9.98. The van der Waals surface area contributed by atoms with E-state index in [0.29, 0.717) is 29.9 Å². The number of ketones is 1. The summed E-state index contributed by atoms with van der Waals surface area (Å²) in [6.45, 7) is 2.25. The molecule has 0 saturated heterocycles. The molecule has 0 spiro atoms. The molecule has 4 aromatic rings. The summed E-state index contributed by atoms with van der Waals surface area (Å²) in [5.74, 6) is -0.121. The Balaban J connectivity index is 1.86. The first-order chi connectivity index (χ1) is 15.2. The zero-order valence-electron chi connectivity index (χ0n) is 17.1. The number of Topliss-reactive ketones (excluding diaryl/α,β-unsaturated/α-hetero) is 1.